The summed E-state index contributed by atoms with van der Waals surface area (Å²) in [7, 11) is 2.41. The van der Waals surface area contributed by atoms with E-state index in [1.165, 1.54) is 7.11 Å². The van der Waals surface area contributed by atoms with Crippen LogP contribution in [0, 0.1) is 0 Å². The molecule has 1 N–H and O–H groups in total. The van der Waals surface area contributed by atoms with Crippen LogP contribution in [0.4, 0.5) is 0 Å². The zero-order valence-electron chi connectivity index (χ0n) is 15.6. The Morgan fingerprint density at radius 2 is 1.80 bits per heavy atom. The van der Waals surface area contributed by atoms with Crippen molar-refractivity contribution in [3.05, 3.63) is 23.8 Å². The number of esters is 1. The van der Waals surface area contributed by atoms with Crippen molar-refractivity contribution in [2.75, 3.05) is 14.2 Å². The van der Waals surface area contributed by atoms with Crippen molar-refractivity contribution < 1.29 is 23.6 Å². The molecule has 0 saturated carbocycles. The summed E-state index contributed by atoms with van der Waals surface area (Å²) in [6.45, 7) is 7.99. The molecule has 2 heterocycles. The molecule has 0 amide bonds. The Bertz CT molecular complexity index is 795. The number of hydrogen-bond acceptors (Lipinski definition) is 5. The summed E-state index contributed by atoms with van der Waals surface area (Å²) in [6.07, 6.45) is 0.128. The van der Waals surface area contributed by atoms with E-state index in [0.29, 0.717) is 0 Å². The van der Waals surface area contributed by atoms with Gasteiger partial charge in [-0.3, -0.25) is 4.79 Å². The quantitative estimate of drug-likeness (QED) is 0.680. The van der Waals surface area contributed by atoms with Crippen LogP contribution < -0.4 is 10.3 Å². The van der Waals surface area contributed by atoms with E-state index in [4.69, 9.17) is 18.8 Å². The van der Waals surface area contributed by atoms with E-state index >= 15 is 0 Å². The molecular formula is C18H24BNO5. The first-order valence-electron chi connectivity index (χ1n) is 8.29. The maximum Gasteiger partial charge on any atom is 0.512 e. The summed E-state index contributed by atoms with van der Waals surface area (Å²) in [6, 6.07) is 5.69. The third-order valence-electron chi connectivity index (χ3n) is 5.18. The summed E-state index contributed by atoms with van der Waals surface area (Å²) >= 11 is 0. The standard InChI is InChI=1S/C18H24BNO5/c1-17(2)18(3,4)25-19(24-17)16-13(10-15(21)23-6)12-9-11(22-5)7-8-14(12)20-16/h7-9,20H,10H2,1-6H3. The lowest BCUT2D eigenvalue weighted by Crippen LogP contribution is -2.41. The van der Waals surface area contributed by atoms with Gasteiger partial charge in [0, 0.05) is 10.9 Å². The van der Waals surface area contributed by atoms with Gasteiger partial charge >= 0.3 is 13.1 Å². The number of fused-ring (bicyclic) bond motifs is 1. The number of carbonyl (C=O) groups is 1. The minimum Gasteiger partial charge on any atom is -0.497 e. The van der Waals surface area contributed by atoms with E-state index < -0.39 is 18.3 Å². The number of aromatic amines is 1. The van der Waals surface area contributed by atoms with E-state index in [1.54, 1.807) is 7.11 Å². The molecule has 1 aromatic carbocycles. The predicted octanol–water partition coefficient (Wildman–Crippen LogP) is 2.19. The Kier molecular flexibility index (Phi) is 4.33. The maximum atomic E-state index is 12.0. The molecule has 1 aliphatic heterocycles. The zero-order chi connectivity index (χ0) is 18.4. The molecule has 7 heteroatoms. The molecular weight excluding hydrogens is 321 g/mol. The normalized spacial score (nSPS) is 18.6. The molecule has 1 aliphatic rings. The fourth-order valence-electron chi connectivity index (χ4n) is 2.94. The number of H-pyrrole nitrogens is 1. The highest BCUT2D eigenvalue weighted by Gasteiger charge is 2.53. The average molecular weight is 345 g/mol. The Balaban J connectivity index is 2.11. The molecule has 2 aromatic rings. The van der Waals surface area contributed by atoms with Crippen LogP contribution in [0.5, 0.6) is 5.75 Å². The van der Waals surface area contributed by atoms with Gasteiger partial charge < -0.3 is 23.8 Å². The summed E-state index contributed by atoms with van der Waals surface area (Å²) in [5, 5.41) is 0.898. The minimum absolute atomic E-state index is 0.128. The van der Waals surface area contributed by atoms with Gasteiger partial charge in [-0.05, 0) is 51.5 Å². The number of nitrogens with one attached hydrogen (secondary N) is 1. The second-order valence-electron chi connectivity index (χ2n) is 7.27. The fourth-order valence-corrected chi connectivity index (χ4v) is 2.94. The van der Waals surface area contributed by atoms with E-state index in [2.05, 4.69) is 4.98 Å². The van der Waals surface area contributed by atoms with Crippen molar-refractivity contribution in [3.63, 3.8) is 0 Å². The molecule has 0 spiro atoms. The first kappa shape index (κ1) is 17.8. The number of methoxy groups -OCH3 is 2. The van der Waals surface area contributed by atoms with Gasteiger partial charge in [0.1, 0.15) is 5.75 Å². The largest absolute Gasteiger partial charge is 0.512 e. The molecule has 0 radical (unpaired) electrons. The van der Waals surface area contributed by atoms with Crippen molar-refractivity contribution in [3.8, 4) is 5.75 Å². The van der Waals surface area contributed by atoms with Gasteiger partial charge in [-0.15, -0.1) is 0 Å². The van der Waals surface area contributed by atoms with Gasteiger partial charge in [-0.2, -0.15) is 0 Å². The molecule has 1 saturated heterocycles. The molecule has 25 heavy (non-hydrogen) atoms. The van der Waals surface area contributed by atoms with Crippen molar-refractivity contribution in [1.29, 1.82) is 0 Å². The molecule has 0 bridgehead atoms. The van der Waals surface area contributed by atoms with Crippen LogP contribution in [0.25, 0.3) is 10.9 Å². The van der Waals surface area contributed by atoms with Gasteiger partial charge in [0.05, 0.1) is 37.4 Å². The van der Waals surface area contributed by atoms with Crippen molar-refractivity contribution in [2.45, 2.75) is 45.3 Å². The first-order valence-corrected chi connectivity index (χ1v) is 8.29. The third kappa shape index (κ3) is 3.02. The fraction of sp³-hybridized carbons (Fsp3) is 0.500. The molecule has 0 aliphatic carbocycles. The minimum atomic E-state index is -0.581. The highest BCUT2D eigenvalue weighted by atomic mass is 16.7. The maximum absolute atomic E-state index is 12.0. The number of rotatable bonds is 4. The van der Waals surface area contributed by atoms with Gasteiger partial charge in [-0.1, -0.05) is 0 Å². The zero-order valence-corrected chi connectivity index (χ0v) is 15.6. The van der Waals surface area contributed by atoms with Crippen LogP contribution >= 0.6 is 0 Å². The van der Waals surface area contributed by atoms with Crippen molar-refractivity contribution in [2.24, 2.45) is 0 Å². The van der Waals surface area contributed by atoms with Gasteiger partial charge in [0.2, 0.25) is 0 Å². The number of carbonyl (C=O) groups excluding carboxylic acids is 1. The van der Waals surface area contributed by atoms with Crippen LogP contribution in [0.3, 0.4) is 0 Å². The molecule has 1 fully saturated rings. The summed E-state index contributed by atoms with van der Waals surface area (Å²) in [5.74, 6) is 0.402. The molecule has 3 rings (SSSR count). The Hall–Kier alpha value is -1.99. The van der Waals surface area contributed by atoms with Gasteiger partial charge in [0.15, 0.2) is 0 Å². The average Bonchev–Trinajstić information content (AvgIpc) is 3.01. The first-order chi connectivity index (χ1) is 11.7. The predicted molar refractivity (Wildman–Crippen MR) is 96.3 cm³/mol. The Morgan fingerprint density at radius 3 is 2.36 bits per heavy atom. The van der Waals surface area contributed by atoms with Gasteiger partial charge in [0.25, 0.3) is 0 Å². The van der Waals surface area contributed by atoms with E-state index in [0.717, 1.165) is 27.8 Å². The summed E-state index contributed by atoms with van der Waals surface area (Å²) in [5.41, 5.74) is 1.51. The van der Waals surface area contributed by atoms with Crippen LogP contribution in [-0.4, -0.2) is 43.5 Å². The van der Waals surface area contributed by atoms with Crippen molar-refractivity contribution >= 4 is 29.6 Å². The lowest BCUT2D eigenvalue weighted by atomic mass is 9.80. The molecule has 0 unspecified atom stereocenters. The number of hydrogen-bond donors (Lipinski definition) is 1. The number of ether oxygens (including phenoxy) is 2. The SMILES string of the molecule is COC(=O)Cc1c(B2OC(C)(C)C(C)(C)O2)[nH]c2ccc(OC)cc12. The topological polar surface area (TPSA) is 69.8 Å². The number of aromatic nitrogens is 1. The Labute approximate surface area is 147 Å². The second-order valence-corrected chi connectivity index (χ2v) is 7.27. The summed E-state index contributed by atoms with van der Waals surface area (Å²) < 4.78 is 22.5. The molecule has 0 atom stereocenters. The van der Waals surface area contributed by atoms with Gasteiger partial charge in [-0.25, -0.2) is 0 Å². The monoisotopic (exact) mass is 345 g/mol. The molecule has 6 nitrogen and oxygen atoms in total. The number of benzene rings is 1. The van der Waals surface area contributed by atoms with Crippen molar-refractivity contribution in [1.82, 2.24) is 4.98 Å². The van der Waals surface area contributed by atoms with Crippen LogP contribution in [-0.2, 0) is 25.3 Å². The Morgan fingerprint density at radius 1 is 1.16 bits per heavy atom. The van der Waals surface area contributed by atoms with Crippen LogP contribution in [0.1, 0.15) is 33.3 Å². The van der Waals surface area contributed by atoms with E-state index in [-0.39, 0.29) is 12.4 Å². The van der Waals surface area contributed by atoms with Crippen LogP contribution in [0.2, 0.25) is 0 Å². The molecule has 1 aromatic heterocycles. The lowest BCUT2D eigenvalue weighted by Gasteiger charge is -2.32. The second kappa shape index (κ2) is 6.07. The smallest absolute Gasteiger partial charge is 0.497 e. The van der Waals surface area contributed by atoms with Crippen LogP contribution in [0.15, 0.2) is 18.2 Å². The summed E-state index contributed by atoms with van der Waals surface area (Å²) in [4.78, 5) is 15.3. The van der Waals surface area contributed by atoms with E-state index in [1.807, 2.05) is 45.9 Å². The lowest BCUT2D eigenvalue weighted by molar-refractivity contribution is -0.139. The molecule has 134 valence electrons. The third-order valence-corrected chi connectivity index (χ3v) is 5.18. The highest BCUT2D eigenvalue weighted by Crippen LogP contribution is 2.37. The van der Waals surface area contributed by atoms with E-state index in [9.17, 15) is 4.79 Å². The highest BCUT2D eigenvalue weighted by molar-refractivity contribution is 6.62.